The summed E-state index contributed by atoms with van der Waals surface area (Å²) in [6, 6.07) is 20.9. The first kappa shape index (κ1) is 19.7. The van der Waals surface area contributed by atoms with Crippen molar-refractivity contribution in [2.24, 2.45) is 0 Å². The number of nitrogens with one attached hydrogen (secondary N) is 1. The molecule has 5 rings (SSSR count). The summed E-state index contributed by atoms with van der Waals surface area (Å²) in [4.78, 5) is 15.8. The number of H-pyrrole nitrogens is 1. The number of carbonyl (C=O) groups excluding carboxylic acids is 1. The second-order valence-electron chi connectivity index (χ2n) is 7.37. The molecule has 0 unspecified atom stereocenters. The number of aliphatic hydroxyl groups is 1. The molecular weight excluding hydrogens is 404 g/mol. The number of aromatic amines is 1. The lowest BCUT2D eigenvalue weighted by Crippen LogP contribution is -2.05. The lowest BCUT2D eigenvalue weighted by Gasteiger charge is -2.13. The highest BCUT2D eigenvalue weighted by Gasteiger charge is 2.20. The number of carbonyl (C=O) groups is 1. The van der Waals surface area contributed by atoms with Crippen LogP contribution in [0.25, 0.3) is 39.0 Å². The van der Waals surface area contributed by atoms with E-state index in [-0.39, 0.29) is 6.61 Å². The molecule has 0 saturated heterocycles. The molecule has 2 aromatic heterocycles. The lowest BCUT2D eigenvalue weighted by molar-refractivity contribution is 0.0601. The molecule has 0 spiro atoms. The van der Waals surface area contributed by atoms with Crippen LogP contribution in [0.5, 0.6) is 0 Å². The first-order valence-corrected chi connectivity index (χ1v) is 10.1. The molecule has 0 aliphatic carbocycles. The van der Waals surface area contributed by atoms with Crippen molar-refractivity contribution < 1.29 is 14.6 Å². The number of aromatic nitrogens is 4. The molecule has 2 N–H and O–H groups in total. The predicted molar refractivity (Wildman–Crippen MR) is 121 cm³/mol. The van der Waals surface area contributed by atoms with Crippen LogP contribution in [0.1, 0.15) is 15.9 Å². The SMILES string of the molecule is COC(=O)c1cccc(-c2cn(-c3ccc(CO)cc3)nn2)c1-c1ccc2cc[nH]c2c1. The van der Waals surface area contributed by atoms with Crippen LogP contribution in [-0.4, -0.2) is 38.2 Å². The van der Waals surface area contributed by atoms with Gasteiger partial charge in [-0.15, -0.1) is 5.10 Å². The van der Waals surface area contributed by atoms with E-state index in [1.54, 1.807) is 10.7 Å². The van der Waals surface area contributed by atoms with E-state index in [0.717, 1.165) is 38.8 Å². The number of benzene rings is 3. The van der Waals surface area contributed by atoms with E-state index in [1.807, 2.05) is 73.1 Å². The molecule has 0 aliphatic heterocycles. The van der Waals surface area contributed by atoms with E-state index in [4.69, 9.17) is 4.74 Å². The van der Waals surface area contributed by atoms with Gasteiger partial charge in [0.05, 0.1) is 31.2 Å². The monoisotopic (exact) mass is 424 g/mol. The van der Waals surface area contributed by atoms with Gasteiger partial charge in [-0.2, -0.15) is 0 Å². The number of fused-ring (bicyclic) bond motifs is 1. The van der Waals surface area contributed by atoms with Crippen LogP contribution in [-0.2, 0) is 11.3 Å². The number of ether oxygens (including phenoxy) is 1. The summed E-state index contributed by atoms with van der Waals surface area (Å²) < 4.78 is 6.72. The summed E-state index contributed by atoms with van der Waals surface area (Å²) in [6.45, 7) is -0.0161. The van der Waals surface area contributed by atoms with Crippen molar-refractivity contribution in [2.45, 2.75) is 6.61 Å². The van der Waals surface area contributed by atoms with E-state index in [0.29, 0.717) is 11.3 Å². The van der Waals surface area contributed by atoms with E-state index in [1.165, 1.54) is 7.11 Å². The third-order valence-electron chi connectivity index (χ3n) is 5.47. The Balaban J connectivity index is 1.65. The van der Waals surface area contributed by atoms with E-state index in [9.17, 15) is 9.90 Å². The fourth-order valence-corrected chi connectivity index (χ4v) is 3.83. The number of rotatable bonds is 5. The zero-order chi connectivity index (χ0) is 22.1. The fourth-order valence-electron chi connectivity index (χ4n) is 3.83. The molecule has 0 atom stereocenters. The minimum Gasteiger partial charge on any atom is -0.465 e. The minimum absolute atomic E-state index is 0.0161. The van der Waals surface area contributed by atoms with Crippen molar-refractivity contribution in [1.82, 2.24) is 20.0 Å². The first-order valence-electron chi connectivity index (χ1n) is 10.1. The van der Waals surface area contributed by atoms with Crippen LogP contribution in [0.3, 0.4) is 0 Å². The van der Waals surface area contributed by atoms with Crippen molar-refractivity contribution in [3.63, 3.8) is 0 Å². The summed E-state index contributed by atoms with van der Waals surface area (Å²) in [6.07, 6.45) is 3.70. The molecule has 7 nitrogen and oxygen atoms in total. The quantitative estimate of drug-likeness (QED) is 0.409. The fraction of sp³-hybridized carbons (Fsp3) is 0.0800. The standard InChI is InChI=1S/C25H20N4O3/c1-32-25(31)21-4-2-3-20(24(21)18-8-7-17-11-12-26-22(17)13-18)23-14-29(28-27-23)19-9-5-16(15-30)6-10-19/h2-14,26,30H,15H2,1H3. The lowest BCUT2D eigenvalue weighted by atomic mass is 9.92. The van der Waals surface area contributed by atoms with Crippen LogP contribution in [0, 0.1) is 0 Å². The van der Waals surface area contributed by atoms with Gasteiger partial charge in [0.1, 0.15) is 5.69 Å². The van der Waals surface area contributed by atoms with Crippen LogP contribution in [0.2, 0.25) is 0 Å². The summed E-state index contributed by atoms with van der Waals surface area (Å²) in [5.41, 5.74) is 6.08. The summed E-state index contributed by atoms with van der Waals surface area (Å²) >= 11 is 0. The summed E-state index contributed by atoms with van der Waals surface area (Å²) in [7, 11) is 1.37. The van der Waals surface area contributed by atoms with Crippen molar-refractivity contribution in [1.29, 1.82) is 0 Å². The molecule has 0 fully saturated rings. The van der Waals surface area contributed by atoms with Gasteiger partial charge in [0.2, 0.25) is 0 Å². The van der Waals surface area contributed by atoms with Gasteiger partial charge in [-0.05, 0) is 46.8 Å². The van der Waals surface area contributed by atoms with Crippen LogP contribution in [0.15, 0.2) is 79.1 Å². The largest absolute Gasteiger partial charge is 0.465 e. The number of nitrogens with zero attached hydrogens (tertiary/aromatic N) is 3. The molecule has 5 aromatic rings. The molecule has 0 aliphatic rings. The maximum Gasteiger partial charge on any atom is 0.338 e. The van der Waals surface area contributed by atoms with Gasteiger partial charge in [-0.1, -0.05) is 41.6 Å². The van der Waals surface area contributed by atoms with E-state index < -0.39 is 5.97 Å². The molecule has 0 bridgehead atoms. The number of methoxy groups -OCH3 is 1. The normalized spacial score (nSPS) is 11.1. The zero-order valence-corrected chi connectivity index (χ0v) is 17.3. The average Bonchev–Trinajstić information content (AvgIpc) is 3.52. The maximum absolute atomic E-state index is 12.6. The Hall–Kier alpha value is -4.23. The Morgan fingerprint density at radius 3 is 2.72 bits per heavy atom. The minimum atomic E-state index is -0.416. The van der Waals surface area contributed by atoms with Gasteiger partial charge in [0.25, 0.3) is 0 Å². The third kappa shape index (κ3) is 3.44. The number of esters is 1. The van der Waals surface area contributed by atoms with Crippen molar-refractivity contribution in [2.75, 3.05) is 7.11 Å². The Morgan fingerprint density at radius 1 is 1.09 bits per heavy atom. The predicted octanol–water partition coefficient (Wildman–Crippen LogP) is 4.36. The van der Waals surface area contributed by atoms with Gasteiger partial charge >= 0.3 is 5.97 Å². The Morgan fingerprint density at radius 2 is 1.94 bits per heavy atom. The Kier molecular flexibility index (Phi) is 5.01. The summed E-state index contributed by atoms with van der Waals surface area (Å²) in [5.74, 6) is -0.416. The van der Waals surface area contributed by atoms with Gasteiger partial charge in [0, 0.05) is 22.8 Å². The van der Waals surface area contributed by atoms with Gasteiger partial charge in [0.15, 0.2) is 0 Å². The zero-order valence-electron chi connectivity index (χ0n) is 17.3. The average molecular weight is 424 g/mol. The van der Waals surface area contributed by atoms with E-state index >= 15 is 0 Å². The number of hydrogen-bond acceptors (Lipinski definition) is 5. The Bertz CT molecular complexity index is 1420. The highest BCUT2D eigenvalue weighted by atomic mass is 16.5. The molecule has 32 heavy (non-hydrogen) atoms. The molecule has 0 radical (unpaired) electrons. The van der Waals surface area contributed by atoms with Crippen molar-refractivity contribution in [3.8, 4) is 28.1 Å². The van der Waals surface area contributed by atoms with E-state index in [2.05, 4.69) is 15.3 Å². The third-order valence-corrected chi connectivity index (χ3v) is 5.47. The van der Waals surface area contributed by atoms with Crippen LogP contribution < -0.4 is 0 Å². The molecular formula is C25H20N4O3. The van der Waals surface area contributed by atoms with Crippen molar-refractivity contribution in [3.05, 3.63) is 90.3 Å². The highest BCUT2D eigenvalue weighted by Crippen LogP contribution is 2.36. The second kappa shape index (κ2) is 8.13. The second-order valence-corrected chi connectivity index (χ2v) is 7.37. The maximum atomic E-state index is 12.6. The molecule has 2 heterocycles. The van der Waals surface area contributed by atoms with Gasteiger partial charge in [-0.25, -0.2) is 9.48 Å². The highest BCUT2D eigenvalue weighted by molar-refractivity contribution is 6.03. The van der Waals surface area contributed by atoms with Crippen LogP contribution >= 0.6 is 0 Å². The molecule has 0 saturated carbocycles. The topological polar surface area (TPSA) is 93.0 Å². The Labute approximate surface area is 183 Å². The molecule has 3 aromatic carbocycles. The number of hydrogen-bond donors (Lipinski definition) is 2. The first-order chi connectivity index (χ1) is 15.7. The molecule has 7 heteroatoms. The van der Waals surface area contributed by atoms with Gasteiger partial charge < -0.3 is 14.8 Å². The molecule has 158 valence electrons. The summed E-state index contributed by atoms with van der Waals surface area (Å²) in [5, 5.41) is 19.0. The van der Waals surface area contributed by atoms with Crippen molar-refractivity contribution >= 4 is 16.9 Å². The number of aliphatic hydroxyl groups excluding tert-OH is 1. The smallest absolute Gasteiger partial charge is 0.338 e. The molecule has 0 amide bonds. The van der Waals surface area contributed by atoms with Crippen LogP contribution in [0.4, 0.5) is 0 Å². The van der Waals surface area contributed by atoms with Gasteiger partial charge in [-0.3, -0.25) is 0 Å².